The number of aryl methyl sites for hydroxylation is 1. The summed E-state index contributed by atoms with van der Waals surface area (Å²) < 4.78 is 7.43. The Morgan fingerprint density at radius 2 is 1.88 bits per heavy atom. The van der Waals surface area contributed by atoms with Crippen molar-refractivity contribution in [2.45, 2.75) is 45.1 Å². The molecule has 0 saturated heterocycles. The first-order valence-corrected chi connectivity index (χ1v) is 9.36. The maximum absolute atomic E-state index is 12.1. The van der Waals surface area contributed by atoms with E-state index in [9.17, 15) is 4.79 Å². The molecule has 0 fully saturated rings. The number of para-hydroxylation sites is 1. The smallest absolute Gasteiger partial charge is 0.306 e. The third-order valence-electron chi connectivity index (χ3n) is 5.68. The lowest BCUT2D eigenvalue weighted by molar-refractivity contribution is -0.142. The number of esters is 1. The number of carbonyl (C=O) groups is 1. The molecule has 0 spiro atoms. The van der Waals surface area contributed by atoms with E-state index >= 15 is 0 Å². The fourth-order valence-corrected chi connectivity index (χ4v) is 4.54. The first-order valence-electron chi connectivity index (χ1n) is 9.36. The summed E-state index contributed by atoms with van der Waals surface area (Å²) in [6.45, 7) is 5.20. The van der Waals surface area contributed by atoms with E-state index in [4.69, 9.17) is 4.74 Å². The minimum Gasteiger partial charge on any atom is -0.469 e. The summed E-state index contributed by atoms with van der Waals surface area (Å²) in [5.74, 6) is -0.156. The van der Waals surface area contributed by atoms with Gasteiger partial charge in [-0.2, -0.15) is 0 Å². The van der Waals surface area contributed by atoms with E-state index in [2.05, 4.69) is 66.9 Å². The van der Waals surface area contributed by atoms with E-state index < -0.39 is 0 Å². The number of fused-ring (bicyclic) bond motifs is 5. The molecule has 3 nitrogen and oxygen atoms in total. The number of ether oxygens (including phenoxy) is 1. The Kier molecular flexibility index (Phi) is 4.10. The predicted octanol–water partition coefficient (Wildman–Crippen LogP) is 5.10. The lowest BCUT2D eigenvalue weighted by atomic mass is 9.74. The van der Waals surface area contributed by atoms with Crippen LogP contribution in [0.2, 0.25) is 0 Å². The van der Waals surface area contributed by atoms with Crippen molar-refractivity contribution < 1.29 is 9.53 Å². The van der Waals surface area contributed by atoms with E-state index in [0.717, 1.165) is 19.4 Å². The molecule has 3 heteroatoms. The van der Waals surface area contributed by atoms with Crippen molar-refractivity contribution >= 4 is 16.9 Å². The molecule has 3 aromatic rings. The van der Waals surface area contributed by atoms with Crippen molar-refractivity contribution in [3.63, 3.8) is 0 Å². The molecule has 0 amide bonds. The summed E-state index contributed by atoms with van der Waals surface area (Å²) in [5.41, 5.74) is 6.24. The number of carbonyl (C=O) groups excluding carboxylic acids is 1. The number of methoxy groups -OCH3 is 1. The van der Waals surface area contributed by atoms with Crippen molar-refractivity contribution in [2.75, 3.05) is 7.11 Å². The van der Waals surface area contributed by atoms with Crippen LogP contribution in [0.5, 0.6) is 0 Å². The normalized spacial score (nSPS) is 18.4. The van der Waals surface area contributed by atoms with Crippen LogP contribution in [-0.2, 0) is 27.9 Å². The van der Waals surface area contributed by atoms with Crippen molar-refractivity contribution in [1.82, 2.24) is 4.57 Å². The first kappa shape index (κ1) is 16.9. The molecule has 1 unspecified atom stereocenters. The highest BCUT2D eigenvalue weighted by Gasteiger charge is 2.38. The highest BCUT2D eigenvalue weighted by Crippen LogP contribution is 2.46. The van der Waals surface area contributed by atoms with Crippen LogP contribution in [0.15, 0.2) is 48.5 Å². The Hall–Kier alpha value is -2.55. The van der Waals surface area contributed by atoms with Gasteiger partial charge in [-0.1, -0.05) is 62.7 Å². The zero-order valence-electron chi connectivity index (χ0n) is 15.7. The second-order valence-electron chi connectivity index (χ2n) is 7.54. The molecular formula is C23H25NO2. The summed E-state index contributed by atoms with van der Waals surface area (Å²) in [7, 11) is 1.47. The maximum Gasteiger partial charge on any atom is 0.306 e. The quantitative estimate of drug-likeness (QED) is 0.615. The summed E-state index contributed by atoms with van der Waals surface area (Å²) >= 11 is 0. The Morgan fingerprint density at radius 1 is 1.15 bits per heavy atom. The highest BCUT2D eigenvalue weighted by atomic mass is 16.5. The molecule has 134 valence electrons. The Morgan fingerprint density at radius 3 is 2.65 bits per heavy atom. The third kappa shape index (κ3) is 2.45. The molecule has 1 aliphatic rings. The van der Waals surface area contributed by atoms with Gasteiger partial charge in [0.15, 0.2) is 0 Å². The predicted molar refractivity (Wildman–Crippen MR) is 105 cm³/mol. The summed E-state index contributed by atoms with van der Waals surface area (Å²) in [6, 6.07) is 17.2. The van der Waals surface area contributed by atoms with Crippen LogP contribution in [0.4, 0.5) is 0 Å². The average molecular weight is 347 g/mol. The van der Waals surface area contributed by atoms with E-state index in [1.807, 2.05) is 0 Å². The largest absolute Gasteiger partial charge is 0.469 e. The van der Waals surface area contributed by atoms with Crippen LogP contribution in [0.3, 0.4) is 0 Å². The van der Waals surface area contributed by atoms with Gasteiger partial charge in [-0.3, -0.25) is 4.79 Å². The minimum absolute atomic E-state index is 0.156. The Bertz CT molecular complexity index is 985. The molecule has 4 rings (SSSR count). The number of aromatic nitrogens is 1. The van der Waals surface area contributed by atoms with Crippen molar-refractivity contribution in [2.24, 2.45) is 0 Å². The van der Waals surface area contributed by atoms with Crippen LogP contribution >= 0.6 is 0 Å². The minimum atomic E-state index is -0.276. The van der Waals surface area contributed by atoms with Crippen LogP contribution in [0.1, 0.15) is 37.8 Å². The lowest BCUT2D eigenvalue weighted by Crippen LogP contribution is -2.35. The van der Waals surface area contributed by atoms with Gasteiger partial charge in [-0.05, 0) is 23.6 Å². The van der Waals surface area contributed by atoms with E-state index in [1.54, 1.807) is 0 Å². The molecule has 0 saturated carbocycles. The molecule has 0 radical (unpaired) electrons. The van der Waals surface area contributed by atoms with Gasteiger partial charge in [0.2, 0.25) is 0 Å². The van der Waals surface area contributed by atoms with Crippen molar-refractivity contribution in [3.05, 3.63) is 59.7 Å². The second-order valence-corrected chi connectivity index (χ2v) is 7.54. The van der Waals surface area contributed by atoms with Crippen LogP contribution < -0.4 is 0 Å². The Balaban J connectivity index is 2.01. The van der Waals surface area contributed by atoms with Gasteiger partial charge in [-0.15, -0.1) is 0 Å². The summed E-state index contributed by atoms with van der Waals surface area (Å²) in [5, 5.41) is 1.33. The molecule has 1 atom stereocenters. The van der Waals surface area contributed by atoms with Gasteiger partial charge in [0.05, 0.1) is 19.2 Å². The van der Waals surface area contributed by atoms with Gasteiger partial charge in [0.1, 0.15) is 0 Å². The van der Waals surface area contributed by atoms with E-state index in [1.165, 1.54) is 40.4 Å². The van der Waals surface area contributed by atoms with Crippen molar-refractivity contribution in [1.29, 1.82) is 0 Å². The zero-order chi connectivity index (χ0) is 18.3. The molecule has 2 aromatic carbocycles. The number of nitrogens with zero attached hydrogens (tertiary/aromatic N) is 1. The van der Waals surface area contributed by atoms with Gasteiger partial charge in [0.25, 0.3) is 0 Å². The second kappa shape index (κ2) is 6.31. The number of hydrogen-bond acceptors (Lipinski definition) is 2. The summed E-state index contributed by atoms with van der Waals surface area (Å²) in [6.07, 6.45) is 2.56. The standard InChI is InChI=1S/C23H25NO2/c1-4-9-17-16-10-6-8-13-20(16)24-15-23(2,14-21(25)26-3)19-12-7-5-11-18(19)22(17)24/h5-8,10-13H,4,9,14-15H2,1-3H3. The topological polar surface area (TPSA) is 31.2 Å². The van der Waals surface area contributed by atoms with E-state index in [0.29, 0.717) is 6.42 Å². The fourth-order valence-electron chi connectivity index (χ4n) is 4.54. The zero-order valence-corrected chi connectivity index (χ0v) is 15.7. The van der Waals surface area contributed by atoms with Crippen molar-refractivity contribution in [3.8, 4) is 11.3 Å². The average Bonchev–Trinajstić information content (AvgIpc) is 2.96. The molecule has 0 aliphatic carbocycles. The highest BCUT2D eigenvalue weighted by molar-refractivity contribution is 5.93. The van der Waals surface area contributed by atoms with Gasteiger partial charge in [0, 0.05) is 28.4 Å². The molecular weight excluding hydrogens is 322 g/mol. The number of benzene rings is 2. The molecule has 1 aromatic heterocycles. The van der Waals surface area contributed by atoms with Crippen LogP contribution in [0, 0.1) is 0 Å². The monoisotopic (exact) mass is 347 g/mol. The van der Waals surface area contributed by atoms with Gasteiger partial charge >= 0.3 is 5.97 Å². The third-order valence-corrected chi connectivity index (χ3v) is 5.68. The van der Waals surface area contributed by atoms with Crippen LogP contribution in [0.25, 0.3) is 22.2 Å². The summed E-state index contributed by atoms with van der Waals surface area (Å²) in [4.78, 5) is 12.1. The molecule has 1 aliphatic heterocycles. The molecule has 2 heterocycles. The van der Waals surface area contributed by atoms with Gasteiger partial charge in [-0.25, -0.2) is 0 Å². The van der Waals surface area contributed by atoms with E-state index in [-0.39, 0.29) is 11.4 Å². The molecule has 26 heavy (non-hydrogen) atoms. The molecule has 0 N–H and O–H groups in total. The van der Waals surface area contributed by atoms with Crippen LogP contribution in [-0.4, -0.2) is 17.6 Å². The molecule has 0 bridgehead atoms. The van der Waals surface area contributed by atoms with Gasteiger partial charge < -0.3 is 9.30 Å². The lowest BCUT2D eigenvalue weighted by Gasteiger charge is -2.37. The Labute approximate surface area is 154 Å². The fraction of sp³-hybridized carbons (Fsp3) is 0.348. The maximum atomic E-state index is 12.1. The number of rotatable bonds is 4. The first-order chi connectivity index (χ1) is 12.6. The SMILES string of the molecule is CCCc1c2n(c3ccccc13)CC(C)(CC(=O)OC)c1ccccc1-2. The number of hydrogen-bond donors (Lipinski definition) is 0.